The van der Waals surface area contributed by atoms with Gasteiger partial charge in [-0.15, -0.1) is 0 Å². The molecule has 0 unspecified atom stereocenters. The first kappa shape index (κ1) is 23.4. The van der Waals surface area contributed by atoms with Crippen molar-refractivity contribution in [3.05, 3.63) is 59.2 Å². The molecule has 3 rings (SSSR count). The standard InChI is InChI=1S/C23H25F3N2O4/c1-31-19-11-15(12-20(13-19)32-2)14-27-21(29)16-7-9-28(10-8-16)22(30)17-3-5-18(6-4-17)23(24,25)26/h3-6,11-13,16H,7-10,14H2,1-2H3,(H,27,29). The first-order chi connectivity index (χ1) is 15.2. The number of hydrogen-bond acceptors (Lipinski definition) is 4. The van der Waals surface area contributed by atoms with Gasteiger partial charge in [0.05, 0.1) is 19.8 Å². The molecule has 1 saturated heterocycles. The molecule has 32 heavy (non-hydrogen) atoms. The van der Waals surface area contributed by atoms with Crippen molar-refractivity contribution >= 4 is 11.8 Å². The summed E-state index contributed by atoms with van der Waals surface area (Å²) in [6, 6.07) is 9.55. The van der Waals surface area contributed by atoms with Gasteiger partial charge in [0, 0.05) is 37.2 Å². The lowest BCUT2D eigenvalue weighted by molar-refractivity contribution is -0.137. The largest absolute Gasteiger partial charge is 0.497 e. The summed E-state index contributed by atoms with van der Waals surface area (Å²) in [5.74, 6) is 0.584. The van der Waals surface area contributed by atoms with Crippen LogP contribution in [0.1, 0.15) is 34.3 Å². The molecule has 0 saturated carbocycles. The fourth-order valence-electron chi connectivity index (χ4n) is 3.63. The van der Waals surface area contributed by atoms with E-state index in [1.165, 1.54) is 12.1 Å². The van der Waals surface area contributed by atoms with E-state index in [0.29, 0.717) is 44.0 Å². The molecule has 2 amide bonds. The maximum absolute atomic E-state index is 12.7. The van der Waals surface area contributed by atoms with Crippen molar-refractivity contribution < 1.29 is 32.2 Å². The van der Waals surface area contributed by atoms with E-state index in [2.05, 4.69) is 5.32 Å². The predicted octanol–water partition coefficient (Wildman–Crippen LogP) is 3.89. The van der Waals surface area contributed by atoms with E-state index in [1.54, 1.807) is 25.2 Å². The second-order valence-electron chi connectivity index (χ2n) is 7.58. The Morgan fingerprint density at radius 2 is 1.56 bits per heavy atom. The molecule has 1 fully saturated rings. The summed E-state index contributed by atoms with van der Waals surface area (Å²) >= 11 is 0. The highest BCUT2D eigenvalue weighted by Gasteiger charge is 2.31. The molecule has 172 valence electrons. The van der Waals surface area contributed by atoms with E-state index in [4.69, 9.17) is 9.47 Å². The number of hydrogen-bond donors (Lipinski definition) is 1. The van der Waals surface area contributed by atoms with Crippen LogP contribution in [-0.4, -0.2) is 44.0 Å². The molecule has 6 nitrogen and oxygen atoms in total. The minimum atomic E-state index is -4.44. The van der Waals surface area contributed by atoms with Gasteiger partial charge in [-0.2, -0.15) is 13.2 Å². The second-order valence-corrected chi connectivity index (χ2v) is 7.58. The highest BCUT2D eigenvalue weighted by Crippen LogP contribution is 2.29. The Balaban J connectivity index is 1.52. The number of alkyl halides is 3. The van der Waals surface area contributed by atoms with Gasteiger partial charge in [0.2, 0.25) is 5.91 Å². The van der Waals surface area contributed by atoms with Gasteiger partial charge in [-0.25, -0.2) is 0 Å². The van der Waals surface area contributed by atoms with Gasteiger partial charge in [-0.05, 0) is 54.8 Å². The third-order valence-electron chi connectivity index (χ3n) is 5.49. The van der Waals surface area contributed by atoms with Gasteiger partial charge >= 0.3 is 6.18 Å². The van der Waals surface area contributed by atoms with E-state index < -0.39 is 11.7 Å². The highest BCUT2D eigenvalue weighted by atomic mass is 19.4. The quantitative estimate of drug-likeness (QED) is 0.725. The Bertz CT molecular complexity index is 930. The fraction of sp³-hybridized carbons (Fsp3) is 0.391. The number of likely N-dealkylation sites (tertiary alicyclic amines) is 1. The van der Waals surface area contributed by atoms with Gasteiger partial charge in [-0.3, -0.25) is 9.59 Å². The Hall–Kier alpha value is -3.23. The molecule has 9 heteroatoms. The van der Waals surface area contributed by atoms with Crippen LogP contribution in [0.2, 0.25) is 0 Å². The van der Waals surface area contributed by atoms with Crippen LogP contribution < -0.4 is 14.8 Å². The molecule has 1 N–H and O–H groups in total. The SMILES string of the molecule is COc1cc(CNC(=O)C2CCN(C(=O)c3ccc(C(F)(F)F)cc3)CC2)cc(OC)c1. The van der Waals surface area contributed by atoms with Crippen molar-refractivity contribution in [2.45, 2.75) is 25.6 Å². The van der Waals surface area contributed by atoms with E-state index in [-0.39, 0.29) is 23.3 Å². The zero-order valence-electron chi connectivity index (χ0n) is 17.9. The lowest BCUT2D eigenvalue weighted by Crippen LogP contribution is -2.42. The van der Waals surface area contributed by atoms with Crippen molar-refractivity contribution in [3.63, 3.8) is 0 Å². The minimum absolute atomic E-state index is 0.103. The zero-order chi connectivity index (χ0) is 23.3. The Kier molecular flexibility index (Phi) is 7.27. The second kappa shape index (κ2) is 9.93. The molecule has 1 aliphatic rings. The first-order valence-corrected chi connectivity index (χ1v) is 10.2. The van der Waals surface area contributed by atoms with Crippen LogP contribution in [0.4, 0.5) is 13.2 Å². The molecular formula is C23H25F3N2O4. The van der Waals surface area contributed by atoms with Crippen LogP contribution in [0.15, 0.2) is 42.5 Å². The van der Waals surface area contributed by atoms with Crippen LogP contribution in [0.5, 0.6) is 11.5 Å². The van der Waals surface area contributed by atoms with Crippen molar-refractivity contribution in [1.29, 1.82) is 0 Å². The molecule has 0 atom stereocenters. The van der Waals surface area contributed by atoms with Crippen LogP contribution in [0, 0.1) is 5.92 Å². The van der Waals surface area contributed by atoms with Crippen LogP contribution >= 0.6 is 0 Å². The molecule has 1 aliphatic heterocycles. The van der Waals surface area contributed by atoms with E-state index in [1.807, 2.05) is 12.1 Å². The number of ether oxygens (including phenoxy) is 2. The summed E-state index contributed by atoms with van der Waals surface area (Å²) < 4.78 is 48.5. The number of amides is 2. The van der Waals surface area contributed by atoms with Crippen molar-refractivity contribution in [2.75, 3.05) is 27.3 Å². The van der Waals surface area contributed by atoms with Gasteiger partial charge in [0.15, 0.2) is 0 Å². The number of rotatable bonds is 6. The summed E-state index contributed by atoms with van der Waals surface area (Å²) in [5.41, 5.74) is 0.246. The molecule has 0 bridgehead atoms. The number of nitrogens with one attached hydrogen (secondary N) is 1. The van der Waals surface area contributed by atoms with Gasteiger partial charge in [-0.1, -0.05) is 0 Å². The number of carbonyl (C=O) groups is 2. The summed E-state index contributed by atoms with van der Waals surface area (Å²) in [5, 5.41) is 2.91. The molecule has 0 aliphatic carbocycles. The third-order valence-corrected chi connectivity index (χ3v) is 5.49. The van der Waals surface area contributed by atoms with Gasteiger partial charge in [0.1, 0.15) is 11.5 Å². The summed E-state index contributed by atoms with van der Waals surface area (Å²) in [4.78, 5) is 26.7. The summed E-state index contributed by atoms with van der Waals surface area (Å²) in [6.45, 7) is 1.05. The molecule has 2 aromatic rings. The molecule has 0 aromatic heterocycles. The molecule has 0 radical (unpaired) electrons. The molecule has 2 aromatic carbocycles. The number of benzene rings is 2. The summed E-state index contributed by atoms with van der Waals surface area (Å²) in [6.07, 6.45) is -3.47. The molecule has 0 spiro atoms. The van der Waals surface area contributed by atoms with Gasteiger partial charge < -0.3 is 19.7 Å². The van der Waals surface area contributed by atoms with Crippen molar-refractivity contribution in [1.82, 2.24) is 10.2 Å². The maximum Gasteiger partial charge on any atom is 0.416 e. The monoisotopic (exact) mass is 450 g/mol. The van der Waals surface area contributed by atoms with E-state index in [0.717, 1.165) is 17.7 Å². The summed E-state index contributed by atoms with van der Waals surface area (Å²) in [7, 11) is 3.10. The Morgan fingerprint density at radius 3 is 2.06 bits per heavy atom. The lowest BCUT2D eigenvalue weighted by atomic mass is 9.95. The fourth-order valence-corrected chi connectivity index (χ4v) is 3.63. The lowest BCUT2D eigenvalue weighted by Gasteiger charge is -2.31. The van der Waals surface area contributed by atoms with Crippen LogP contribution in [0.25, 0.3) is 0 Å². The van der Waals surface area contributed by atoms with E-state index >= 15 is 0 Å². The zero-order valence-corrected chi connectivity index (χ0v) is 17.9. The highest BCUT2D eigenvalue weighted by molar-refractivity contribution is 5.94. The molecule has 1 heterocycles. The minimum Gasteiger partial charge on any atom is -0.497 e. The normalized spacial score (nSPS) is 14.7. The van der Waals surface area contributed by atoms with Gasteiger partial charge in [0.25, 0.3) is 5.91 Å². The smallest absolute Gasteiger partial charge is 0.416 e. The first-order valence-electron chi connectivity index (χ1n) is 10.2. The van der Waals surface area contributed by atoms with E-state index in [9.17, 15) is 22.8 Å². The maximum atomic E-state index is 12.7. The Morgan fingerprint density at radius 1 is 1.00 bits per heavy atom. The van der Waals surface area contributed by atoms with Crippen LogP contribution in [-0.2, 0) is 17.5 Å². The molecular weight excluding hydrogens is 425 g/mol. The predicted molar refractivity (Wildman–Crippen MR) is 111 cm³/mol. The van der Waals surface area contributed by atoms with Crippen molar-refractivity contribution in [2.24, 2.45) is 5.92 Å². The topological polar surface area (TPSA) is 67.9 Å². The van der Waals surface area contributed by atoms with Crippen LogP contribution in [0.3, 0.4) is 0 Å². The number of nitrogens with zero attached hydrogens (tertiary/aromatic N) is 1. The number of piperidine rings is 1. The number of carbonyl (C=O) groups excluding carboxylic acids is 2. The average molecular weight is 450 g/mol. The number of methoxy groups -OCH3 is 2. The third kappa shape index (κ3) is 5.72. The average Bonchev–Trinajstić information content (AvgIpc) is 2.81. The van der Waals surface area contributed by atoms with Crippen molar-refractivity contribution in [3.8, 4) is 11.5 Å². The number of halogens is 3. The Labute approximate surface area is 184 Å².